The fourth-order valence-corrected chi connectivity index (χ4v) is 2.17. The van der Waals surface area contributed by atoms with Crippen molar-refractivity contribution in [3.05, 3.63) is 18.0 Å². The van der Waals surface area contributed by atoms with Crippen LogP contribution in [0.2, 0.25) is 0 Å². The highest BCUT2D eigenvalue weighted by Crippen LogP contribution is 2.18. The van der Waals surface area contributed by atoms with E-state index in [0.717, 1.165) is 10.6 Å². The Balaban J connectivity index is 1.74. The molecule has 1 aliphatic heterocycles. The summed E-state index contributed by atoms with van der Waals surface area (Å²) in [5.41, 5.74) is 2.43. The first-order chi connectivity index (χ1) is 10.9. The van der Waals surface area contributed by atoms with Crippen LogP contribution < -0.4 is 16.1 Å². The lowest BCUT2D eigenvalue weighted by molar-refractivity contribution is -0.138. The number of amides is 4. The third-order valence-corrected chi connectivity index (χ3v) is 3.77. The van der Waals surface area contributed by atoms with E-state index >= 15 is 0 Å². The highest BCUT2D eigenvalue weighted by atomic mass is 16.2. The minimum absolute atomic E-state index is 0.000149. The Hall–Kier alpha value is -2.42. The number of urea groups is 1. The van der Waals surface area contributed by atoms with E-state index in [1.54, 1.807) is 24.7 Å². The molecule has 4 amide bonds. The summed E-state index contributed by atoms with van der Waals surface area (Å²) in [5, 5.41) is 10.4. The standard InChI is InChI=1S/C14H22N6O3/c1-4-14(3)12(22)20(13(23)17-14)18-11(21)8-15-5-6-19-9-10(2)7-16-19/h7,9,15H,4-6,8H2,1-3H3,(H,17,23)(H,18,21)/t14-/m1/s1. The normalized spacial score (nSPS) is 20.7. The second-order valence-electron chi connectivity index (χ2n) is 5.75. The summed E-state index contributed by atoms with van der Waals surface area (Å²) in [7, 11) is 0. The fraction of sp³-hybridized carbons (Fsp3) is 0.571. The van der Waals surface area contributed by atoms with E-state index in [-0.39, 0.29) is 6.54 Å². The van der Waals surface area contributed by atoms with Crippen LogP contribution in [0.4, 0.5) is 4.79 Å². The first kappa shape index (κ1) is 16.9. The van der Waals surface area contributed by atoms with Crippen molar-refractivity contribution in [3.8, 4) is 0 Å². The van der Waals surface area contributed by atoms with Gasteiger partial charge in [-0.3, -0.25) is 19.7 Å². The highest BCUT2D eigenvalue weighted by molar-refractivity contribution is 6.07. The number of carbonyl (C=O) groups is 3. The van der Waals surface area contributed by atoms with Crippen LogP contribution in [0, 0.1) is 6.92 Å². The van der Waals surface area contributed by atoms with Crippen molar-refractivity contribution < 1.29 is 14.4 Å². The summed E-state index contributed by atoms with van der Waals surface area (Å²) < 4.78 is 1.77. The van der Waals surface area contributed by atoms with Gasteiger partial charge in [-0.05, 0) is 25.8 Å². The second-order valence-corrected chi connectivity index (χ2v) is 5.75. The molecule has 1 atom stereocenters. The van der Waals surface area contributed by atoms with Crippen molar-refractivity contribution in [1.82, 2.24) is 30.8 Å². The van der Waals surface area contributed by atoms with E-state index in [2.05, 4.69) is 21.2 Å². The predicted molar refractivity (Wildman–Crippen MR) is 82.1 cm³/mol. The van der Waals surface area contributed by atoms with Crippen molar-refractivity contribution in [2.75, 3.05) is 13.1 Å². The summed E-state index contributed by atoms with van der Waals surface area (Å²) in [6.45, 7) is 6.54. The zero-order valence-electron chi connectivity index (χ0n) is 13.5. The van der Waals surface area contributed by atoms with Gasteiger partial charge in [-0.2, -0.15) is 10.1 Å². The maximum Gasteiger partial charge on any atom is 0.344 e. The summed E-state index contributed by atoms with van der Waals surface area (Å²) in [6.07, 6.45) is 4.11. The van der Waals surface area contributed by atoms with Crippen LogP contribution in [-0.2, 0) is 16.1 Å². The third kappa shape index (κ3) is 3.86. The summed E-state index contributed by atoms with van der Waals surface area (Å²) in [6, 6.07) is -0.611. The molecular weight excluding hydrogens is 300 g/mol. The Kier molecular flexibility index (Phi) is 4.99. The molecule has 1 aliphatic rings. The van der Waals surface area contributed by atoms with E-state index in [0.29, 0.717) is 19.5 Å². The molecular formula is C14H22N6O3. The lowest BCUT2D eigenvalue weighted by Crippen LogP contribution is -2.50. The molecule has 1 aromatic rings. The number of aromatic nitrogens is 2. The van der Waals surface area contributed by atoms with Gasteiger partial charge in [-0.15, -0.1) is 0 Å². The molecule has 0 aromatic carbocycles. The molecule has 2 heterocycles. The van der Waals surface area contributed by atoms with Crippen molar-refractivity contribution in [1.29, 1.82) is 0 Å². The first-order valence-corrected chi connectivity index (χ1v) is 7.51. The number of rotatable bonds is 7. The lowest BCUT2D eigenvalue weighted by atomic mass is 10.00. The molecule has 1 fully saturated rings. The van der Waals surface area contributed by atoms with Crippen molar-refractivity contribution in [3.63, 3.8) is 0 Å². The van der Waals surface area contributed by atoms with E-state index in [4.69, 9.17) is 0 Å². The summed E-state index contributed by atoms with van der Waals surface area (Å²) >= 11 is 0. The average Bonchev–Trinajstić information content (AvgIpc) is 3.01. The van der Waals surface area contributed by atoms with Crippen LogP contribution >= 0.6 is 0 Å². The maximum atomic E-state index is 12.1. The van der Waals surface area contributed by atoms with Crippen molar-refractivity contribution in [2.24, 2.45) is 0 Å². The molecule has 0 spiro atoms. The number of hydrazine groups is 1. The first-order valence-electron chi connectivity index (χ1n) is 7.51. The average molecular weight is 322 g/mol. The van der Waals surface area contributed by atoms with Gasteiger partial charge in [0.2, 0.25) is 0 Å². The van der Waals surface area contributed by atoms with Crippen LogP contribution in [0.5, 0.6) is 0 Å². The molecule has 0 saturated carbocycles. The quantitative estimate of drug-likeness (QED) is 0.465. The van der Waals surface area contributed by atoms with Crippen LogP contribution in [0.15, 0.2) is 12.4 Å². The zero-order chi connectivity index (χ0) is 17.0. The van der Waals surface area contributed by atoms with Crippen LogP contribution in [-0.4, -0.2) is 51.3 Å². The van der Waals surface area contributed by atoms with Crippen LogP contribution in [0.1, 0.15) is 25.8 Å². The lowest BCUT2D eigenvalue weighted by Gasteiger charge is -2.19. The smallest absolute Gasteiger partial charge is 0.322 e. The molecule has 3 N–H and O–H groups in total. The number of hydrogen-bond acceptors (Lipinski definition) is 5. The number of nitrogens with one attached hydrogen (secondary N) is 3. The van der Waals surface area contributed by atoms with E-state index in [1.807, 2.05) is 13.1 Å². The van der Waals surface area contributed by atoms with Gasteiger partial charge in [-0.1, -0.05) is 6.92 Å². The van der Waals surface area contributed by atoms with Gasteiger partial charge in [-0.25, -0.2) is 4.79 Å². The monoisotopic (exact) mass is 322 g/mol. The highest BCUT2D eigenvalue weighted by Gasteiger charge is 2.47. The van der Waals surface area contributed by atoms with Crippen LogP contribution in [0.3, 0.4) is 0 Å². The van der Waals surface area contributed by atoms with E-state index in [1.165, 1.54) is 0 Å². The topological polar surface area (TPSA) is 108 Å². The number of aryl methyl sites for hydroxylation is 1. The van der Waals surface area contributed by atoms with Gasteiger partial charge in [0.15, 0.2) is 0 Å². The van der Waals surface area contributed by atoms with Gasteiger partial charge >= 0.3 is 6.03 Å². The molecule has 0 bridgehead atoms. The van der Waals surface area contributed by atoms with E-state index in [9.17, 15) is 14.4 Å². The Morgan fingerprint density at radius 3 is 2.74 bits per heavy atom. The predicted octanol–water partition coefficient (Wildman–Crippen LogP) is -0.467. The van der Waals surface area contributed by atoms with Gasteiger partial charge in [0, 0.05) is 12.7 Å². The molecule has 23 heavy (non-hydrogen) atoms. The Labute approximate surface area is 134 Å². The Bertz CT molecular complexity index is 613. The van der Waals surface area contributed by atoms with Gasteiger partial charge in [0.05, 0.1) is 19.3 Å². The van der Waals surface area contributed by atoms with Gasteiger partial charge < -0.3 is 10.6 Å². The number of imide groups is 1. The van der Waals surface area contributed by atoms with Crippen molar-refractivity contribution in [2.45, 2.75) is 39.3 Å². The van der Waals surface area contributed by atoms with Gasteiger partial charge in [0.1, 0.15) is 5.54 Å². The molecule has 126 valence electrons. The molecule has 0 radical (unpaired) electrons. The van der Waals surface area contributed by atoms with Gasteiger partial charge in [0.25, 0.3) is 11.8 Å². The number of nitrogens with zero attached hydrogens (tertiary/aromatic N) is 3. The zero-order valence-corrected chi connectivity index (χ0v) is 13.5. The molecule has 9 heteroatoms. The fourth-order valence-electron chi connectivity index (χ4n) is 2.17. The molecule has 2 rings (SSSR count). The van der Waals surface area contributed by atoms with E-state index < -0.39 is 23.4 Å². The minimum Gasteiger partial charge on any atom is -0.322 e. The largest absolute Gasteiger partial charge is 0.344 e. The number of carbonyl (C=O) groups excluding carboxylic acids is 3. The summed E-state index contributed by atoms with van der Waals surface area (Å²) in [4.78, 5) is 35.7. The molecule has 1 saturated heterocycles. The third-order valence-electron chi connectivity index (χ3n) is 3.77. The Morgan fingerprint density at radius 2 is 2.17 bits per heavy atom. The van der Waals surface area contributed by atoms with Crippen molar-refractivity contribution >= 4 is 17.8 Å². The Morgan fingerprint density at radius 1 is 1.43 bits per heavy atom. The van der Waals surface area contributed by atoms with Crippen LogP contribution in [0.25, 0.3) is 0 Å². The second kappa shape index (κ2) is 6.78. The molecule has 0 unspecified atom stereocenters. The molecule has 1 aromatic heterocycles. The minimum atomic E-state index is -0.963. The summed E-state index contributed by atoms with van der Waals surface area (Å²) in [5.74, 6) is -0.907. The number of hydrogen-bond donors (Lipinski definition) is 3. The molecule has 0 aliphatic carbocycles. The SMILES string of the molecule is CC[C@@]1(C)NC(=O)N(NC(=O)CNCCn2cc(C)cn2)C1=O. The molecule has 9 nitrogen and oxygen atoms in total. The maximum absolute atomic E-state index is 12.1.